The maximum Gasteiger partial charge on any atom is 0.155 e. The van der Waals surface area contributed by atoms with Gasteiger partial charge in [0.2, 0.25) is 0 Å². The molecule has 80 valence electrons. The minimum atomic E-state index is 0.276. The molecule has 0 saturated carbocycles. The van der Waals surface area contributed by atoms with Crippen molar-refractivity contribution in [3.8, 4) is 0 Å². The van der Waals surface area contributed by atoms with Crippen molar-refractivity contribution in [1.82, 2.24) is 14.6 Å². The standard InChI is InChI=1S/C12H17N3/c1-9(12(2,3)4)10-5-6-15-11(7-10)13-8-14-15/h5-9H,1-4H3. The van der Waals surface area contributed by atoms with Crippen molar-refractivity contribution >= 4 is 5.65 Å². The van der Waals surface area contributed by atoms with E-state index in [-0.39, 0.29) is 5.41 Å². The smallest absolute Gasteiger partial charge is 0.155 e. The largest absolute Gasteiger partial charge is 0.221 e. The van der Waals surface area contributed by atoms with Crippen LogP contribution in [0.4, 0.5) is 0 Å². The van der Waals surface area contributed by atoms with Gasteiger partial charge in [-0.25, -0.2) is 9.50 Å². The molecule has 0 spiro atoms. The molecule has 2 aromatic heterocycles. The van der Waals surface area contributed by atoms with E-state index in [4.69, 9.17) is 0 Å². The van der Waals surface area contributed by atoms with Gasteiger partial charge in [0.25, 0.3) is 0 Å². The summed E-state index contributed by atoms with van der Waals surface area (Å²) in [5, 5.41) is 4.09. The molecule has 0 saturated heterocycles. The molecular formula is C12H17N3. The molecular weight excluding hydrogens is 186 g/mol. The lowest BCUT2D eigenvalue weighted by molar-refractivity contribution is 0.339. The van der Waals surface area contributed by atoms with Gasteiger partial charge < -0.3 is 0 Å². The Kier molecular flexibility index (Phi) is 2.25. The molecule has 0 radical (unpaired) electrons. The topological polar surface area (TPSA) is 30.2 Å². The van der Waals surface area contributed by atoms with Crippen LogP contribution in [0.5, 0.6) is 0 Å². The summed E-state index contributed by atoms with van der Waals surface area (Å²) in [6.45, 7) is 9.02. The Morgan fingerprint density at radius 2 is 2.07 bits per heavy atom. The summed E-state index contributed by atoms with van der Waals surface area (Å²) in [4.78, 5) is 4.20. The molecule has 2 heterocycles. The molecule has 2 aromatic rings. The first-order valence-corrected chi connectivity index (χ1v) is 5.28. The van der Waals surface area contributed by atoms with Crippen LogP contribution < -0.4 is 0 Å². The van der Waals surface area contributed by atoms with Crippen molar-refractivity contribution in [2.24, 2.45) is 5.41 Å². The summed E-state index contributed by atoms with van der Waals surface area (Å²) in [5.74, 6) is 0.513. The fraction of sp³-hybridized carbons (Fsp3) is 0.500. The molecule has 0 aliphatic carbocycles. The van der Waals surface area contributed by atoms with Crippen LogP contribution in [0.25, 0.3) is 5.65 Å². The third-order valence-corrected chi connectivity index (χ3v) is 3.10. The molecule has 2 rings (SSSR count). The summed E-state index contributed by atoms with van der Waals surface area (Å²) in [7, 11) is 0. The summed E-state index contributed by atoms with van der Waals surface area (Å²) < 4.78 is 1.79. The van der Waals surface area contributed by atoms with E-state index in [1.54, 1.807) is 10.8 Å². The molecule has 0 bridgehead atoms. The van der Waals surface area contributed by atoms with Gasteiger partial charge in [0.15, 0.2) is 5.65 Å². The Morgan fingerprint density at radius 1 is 1.33 bits per heavy atom. The van der Waals surface area contributed by atoms with Crippen LogP contribution in [-0.2, 0) is 0 Å². The predicted octanol–water partition coefficient (Wildman–Crippen LogP) is 2.88. The fourth-order valence-electron chi connectivity index (χ4n) is 1.60. The zero-order chi connectivity index (χ0) is 11.1. The maximum atomic E-state index is 4.20. The summed E-state index contributed by atoms with van der Waals surface area (Å²) in [6.07, 6.45) is 3.56. The van der Waals surface area contributed by atoms with Crippen LogP contribution in [-0.4, -0.2) is 14.6 Å². The number of hydrogen-bond donors (Lipinski definition) is 0. The van der Waals surface area contributed by atoms with E-state index >= 15 is 0 Å². The van der Waals surface area contributed by atoms with Crippen molar-refractivity contribution in [2.45, 2.75) is 33.6 Å². The molecule has 0 aliphatic rings. The molecule has 0 N–H and O–H groups in total. The van der Waals surface area contributed by atoms with E-state index in [0.717, 1.165) is 5.65 Å². The zero-order valence-electron chi connectivity index (χ0n) is 9.73. The van der Waals surface area contributed by atoms with Crippen LogP contribution >= 0.6 is 0 Å². The average Bonchev–Trinajstić information content (AvgIpc) is 2.61. The van der Waals surface area contributed by atoms with Gasteiger partial charge in [-0.1, -0.05) is 27.7 Å². The van der Waals surface area contributed by atoms with Crippen molar-refractivity contribution in [3.05, 3.63) is 30.2 Å². The second-order valence-electron chi connectivity index (χ2n) is 5.11. The number of pyridine rings is 1. The summed E-state index contributed by atoms with van der Waals surface area (Å²) in [6, 6.07) is 4.24. The predicted molar refractivity (Wildman–Crippen MR) is 60.9 cm³/mol. The van der Waals surface area contributed by atoms with E-state index in [1.807, 2.05) is 6.20 Å². The molecule has 0 amide bonds. The first kappa shape index (κ1) is 10.1. The number of rotatable bonds is 1. The highest BCUT2D eigenvalue weighted by Gasteiger charge is 2.21. The average molecular weight is 203 g/mol. The second kappa shape index (κ2) is 3.33. The van der Waals surface area contributed by atoms with Crippen molar-refractivity contribution in [3.63, 3.8) is 0 Å². The van der Waals surface area contributed by atoms with Gasteiger partial charge in [0.05, 0.1) is 0 Å². The monoisotopic (exact) mass is 203 g/mol. The lowest BCUT2D eigenvalue weighted by Crippen LogP contribution is -2.15. The lowest BCUT2D eigenvalue weighted by atomic mass is 9.78. The van der Waals surface area contributed by atoms with E-state index in [2.05, 4.69) is 49.9 Å². The highest BCUT2D eigenvalue weighted by atomic mass is 15.3. The van der Waals surface area contributed by atoms with E-state index in [9.17, 15) is 0 Å². The first-order chi connectivity index (χ1) is 6.98. The summed E-state index contributed by atoms with van der Waals surface area (Å²) in [5.41, 5.74) is 2.52. The van der Waals surface area contributed by atoms with Gasteiger partial charge >= 0.3 is 0 Å². The van der Waals surface area contributed by atoms with Crippen LogP contribution in [0.1, 0.15) is 39.2 Å². The van der Waals surface area contributed by atoms with Gasteiger partial charge in [0.1, 0.15) is 6.33 Å². The molecule has 3 nitrogen and oxygen atoms in total. The minimum absolute atomic E-state index is 0.276. The van der Waals surface area contributed by atoms with Crippen LogP contribution in [0, 0.1) is 5.41 Å². The molecule has 0 aromatic carbocycles. The van der Waals surface area contributed by atoms with Crippen molar-refractivity contribution in [1.29, 1.82) is 0 Å². The van der Waals surface area contributed by atoms with Crippen LogP contribution in [0.3, 0.4) is 0 Å². The highest BCUT2D eigenvalue weighted by molar-refractivity contribution is 5.40. The van der Waals surface area contributed by atoms with Gasteiger partial charge in [-0.3, -0.25) is 0 Å². The Bertz CT molecular complexity index is 465. The fourth-order valence-corrected chi connectivity index (χ4v) is 1.60. The first-order valence-electron chi connectivity index (χ1n) is 5.28. The Hall–Kier alpha value is -1.38. The number of fused-ring (bicyclic) bond motifs is 1. The van der Waals surface area contributed by atoms with Gasteiger partial charge in [-0.15, -0.1) is 0 Å². The third-order valence-electron chi connectivity index (χ3n) is 3.10. The lowest BCUT2D eigenvalue weighted by Gasteiger charge is -2.27. The Balaban J connectivity index is 2.44. The van der Waals surface area contributed by atoms with Gasteiger partial charge in [0, 0.05) is 6.20 Å². The number of nitrogens with zero attached hydrogens (tertiary/aromatic N) is 3. The number of hydrogen-bond acceptors (Lipinski definition) is 2. The quantitative estimate of drug-likeness (QED) is 0.713. The van der Waals surface area contributed by atoms with E-state index < -0.39 is 0 Å². The SMILES string of the molecule is CC(c1ccn2ncnc2c1)C(C)(C)C. The van der Waals surface area contributed by atoms with Gasteiger partial charge in [-0.2, -0.15) is 5.10 Å². The van der Waals surface area contributed by atoms with Crippen LogP contribution in [0.15, 0.2) is 24.7 Å². The van der Waals surface area contributed by atoms with Crippen molar-refractivity contribution < 1.29 is 0 Å². The van der Waals surface area contributed by atoms with E-state index in [0.29, 0.717) is 5.92 Å². The second-order valence-corrected chi connectivity index (χ2v) is 5.11. The molecule has 15 heavy (non-hydrogen) atoms. The third kappa shape index (κ3) is 1.87. The van der Waals surface area contributed by atoms with E-state index in [1.165, 1.54) is 5.56 Å². The molecule has 0 aliphatic heterocycles. The normalized spacial score (nSPS) is 14.4. The molecule has 1 unspecified atom stereocenters. The molecule has 1 atom stereocenters. The van der Waals surface area contributed by atoms with Gasteiger partial charge in [-0.05, 0) is 29.0 Å². The van der Waals surface area contributed by atoms with Crippen LogP contribution in [0.2, 0.25) is 0 Å². The Labute approximate surface area is 90.1 Å². The van der Waals surface area contributed by atoms with Crippen molar-refractivity contribution in [2.75, 3.05) is 0 Å². The zero-order valence-corrected chi connectivity index (χ0v) is 9.73. The molecule has 0 fully saturated rings. The highest BCUT2D eigenvalue weighted by Crippen LogP contribution is 2.34. The summed E-state index contributed by atoms with van der Waals surface area (Å²) >= 11 is 0. The molecule has 3 heteroatoms. The minimum Gasteiger partial charge on any atom is -0.221 e. The Morgan fingerprint density at radius 3 is 2.73 bits per heavy atom. The number of aromatic nitrogens is 3. The maximum absolute atomic E-state index is 4.20.